The van der Waals surface area contributed by atoms with Crippen LogP contribution in [0.2, 0.25) is 5.02 Å². The fourth-order valence-electron chi connectivity index (χ4n) is 2.23. The normalized spacial score (nSPS) is 10.8. The Balaban J connectivity index is 1.85. The summed E-state index contributed by atoms with van der Waals surface area (Å²) in [6.07, 6.45) is 1.90. The van der Waals surface area contributed by atoms with E-state index in [1.54, 1.807) is 0 Å². The molecule has 2 aromatic carbocycles. The first-order chi connectivity index (χ1) is 9.33. The lowest BCUT2D eigenvalue weighted by Crippen LogP contribution is -1.95. The van der Waals surface area contributed by atoms with Gasteiger partial charge in [-0.25, -0.2) is 0 Å². The summed E-state index contributed by atoms with van der Waals surface area (Å²) in [5.74, 6) is 0. The zero-order valence-corrected chi connectivity index (χ0v) is 11.3. The first kappa shape index (κ1) is 12.2. The van der Waals surface area contributed by atoms with Crippen molar-refractivity contribution in [3.63, 3.8) is 0 Å². The molecular formula is C17H14ClN. The Kier molecular flexibility index (Phi) is 3.47. The van der Waals surface area contributed by atoms with E-state index in [9.17, 15) is 0 Å². The van der Waals surface area contributed by atoms with E-state index >= 15 is 0 Å². The molecule has 0 amide bonds. The minimum Gasteiger partial charge on any atom is -0.253 e. The fourth-order valence-corrected chi connectivity index (χ4v) is 2.52. The van der Waals surface area contributed by atoms with E-state index in [2.05, 4.69) is 29.2 Å². The molecule has 2 heteroatoms. The fraction of sp³-hybridized carbons (Fsp3) is 0.118. The number of nitrogens with zero attached hydrogens (tertiary/aromatic N) is 1. The highest BCUT2D eigenvalue weighted by Gasteiger charge is 2.04. The summed E-state index contributed by atoms with van der Waals surface area (Å²) in [7, 11) is 0. The predicted octanol–water partition coefficient (Wildman–Crippen LogP) is 4.67. The van der Waals surface area contributed by atoms with E-state index < -0.39 is 0 Å². The first-order valence-corrected chi connectivity index (χ1v) is 6.79. The smallest absolute Gasteiger partial charge is 0.0720 e. The molecule has 1 aromatic heterocycles. The van der Waals surface area contributed by atoms with Crippen molar-refractivity contribution >= 4 is 22.5 Å². The van der Waals surface area contributed by atoms with Crippen LogP contribution in [0.15, 0.2) is 60.7 Å². The van der Waals surface area contributed by atoms with Crippen molar-refractivity contribution in [1.29, 1.82) is 0 Å². The van der Waals surface area contributed by atoms with Gasteiger partial charge in [-0.1, -0.05) is 60.1 Å². The molecule has 19 heavy (non-hydrogen) atoms. The minimum absolute atomic E-state index is 0.786. The Labute approximate surface area is 117 Å². The summed E-state index contributed by atoms with van der Waals surface area (Å²) in [5, 5.41) is 1.81. The quantitative estimate of drug-likeness (QED) is 0.672. The molecule has 3 rings (SSSR count). The minimum atomic E-state index is 0.786. The lowest BCUT2D eigenvalue weighted by Gasteiger charge is -2.05. The second-order valence-corrected chi connectivity index (χ2v) is 5.01. The molecule has 0 spiro atoms. The van der Waals surface area contributed by atoms with Crippen LogP contribution in [0, 0.1) is 0 Å². The highest BCUT2D eigenvalue weighted by Crippen LogP contribution is 2.23. The van der Waals surface area contributed by atoms with Crippen molar-refractivity contribution in [3.05, 3.63) is 76.9 Å². The largest absolute Gasteiger partial charge is 0.253 e. The van der Waals surface area contributed by atoms with Crippen LogP contribution >= 0.6 is 11.6 Å². The number of hydrogen-bond donors (Lipinski definition) is 0. The summed E-state index contributed by atoms with van der Waals surface area (Å²) in [4.78, 5) is 4.67. The predicted molar refractivity (Wildman–Crippen MR) is 80.6 cm³/mol. The number of rotatable bonds is 3. The van der Waals surface area contributed by atoms with Crippen LogP contribution in [0.3, 0.4) is 0 Å². The van der Waals surface area contributed by atoms with Crippen molar-refractivity contribution < 1.29 is 0 Å². The van der Waals surface area contributed by atoms with E-state index in [4.69, 9.17) is 11.6 Å². The zero-order chi connectivity index (χ0) is 13.1. The average molecular weight is 268 g/mol. The Morgan fingerprint density at radius 3 is 2.42 bits per heavy atom. The summed E-state index contributed by atoms with van der Waals surface area (Å²) in [6.45, 7) is 0. The number of hydrogen-bond acceptors (Lipinski definition) is 1. The van der Waals surface area contributed by atoms with Gasteiger partial charge in [-0.15, -0.1) is 0 Å². The monoisotopic (exact) mass is 267 g/mol. The molecule has 0 unspecified atom stereocenters. The number of para-hydroxylation sites is 1. The lowest BCUT2D eigenvalue weighted by molar-refractivity contribution is 0.923. The molecule has 94 valence electrons. The van der Waals surface area contributed by atoms with Gasteiger partial charge in [0.1, 0.15) is 0 Å². The van der Waals surface area contributed by atoms with Crippen molar-refractivity contribution in [2.45, 2.75) is 12.8 Å². The van der Waals surface area contributed by atoms with Gasteiger partial charge in [0.15, 0.2) is 0 Å². The summed E-state index contributed by atoms with van der Waals surface area (Å²) in [5.41, 5.74) is 3.35. The third-order valence-corrected chi connectivity index (χ3v) is 3.54. The van der Waals surface area contributed by atoms with E-state index in [0.717, 1.165) is 34.5 Å². The van der Waals surface area contributed by atoms with Crippen LogP contribution in [0.25, 0.3) is 10.9 Å². The van der Waals surface area contributed by atoms with E-state index in [1.807, 2.05) is 36.4 Å². The number of halogens is 1. The Bertz CT molecular complexity index is 692. The molecule has 0 saturated heterocycles. The number of aryl methyl sites for hydroxylation is 2. The number of aromatic nitrogens is 1. The molecule has 0 aliphatic heterocycles. The summed E-state index contributed by atoms with van der Waals surface area (Å²) < 4.78 is 0. The third-order valence-electron chi connectivity index (χ3n) is 3.23. The van der Waals surface area contributed by atoms with Gasteiger partial charge in [0.05, 0.1) is 10.5 Å². The third kappa shape index (κ3) is 2.77. The molecule has 0 bridgehead atoms. The topological polar surface area (TPSA) is 12.9 Å². The van der Waals surface area contributed by atoms with Crippen molar-refractivity contribution in [3.8, 4) is 0 Å². The molecule has 0 aliphatic carbocycles. The highest BCUT2D eigenvalue weighted by atomic mass is 35.5. The molecule has 0 fully saturated rings. The number of pyridine rings is 1. The van der Waals surface area contributed by atoms with E-state index in [1.165, 1.54) is 5.56 Å². The van der Waals surface area contributed by atoms with Gasteiger partial charge in [0.2, 0.25) is 0 Å². The summed E-state index contributed by atoms with van der Waals surface area (Å²) in [6, 6.07) is 20.4. The Morgan fingerprint density at radius 1 is 0.842 bits per heavy atom. The van der Waals surface area contributed by atoms with Gasteiger partial charge in [-0.3, -0.25) is 4.98 Å². The van der Waals surface area contributed by atoms with Crippen LogP contribution in [-0.2, 0) is 12.8 Å². The van der Waals surface area contributed by atoms with Crippen molar-refractivity contribution in [2.75, 3.05) is 0 Å². The van der Waals surface area contributed by atoms with Crippen LogP contribution in [0.4, 0.5) is 0 Å². The SMILES string of the molecule is Clc1cc(CCc2ccccc2)nc2ccccc12. The van der Waals surface area contributed by atoms with Crippen molar-refractivity contribution in [2.24, 2.45) is 0 Å². The van der Waals surface area contributed by atoms with Crippen LogP contribution in [0.1, 0.15) is 11.3 Å². The van der Waals surface area contributed by atoms with Gasteiger partial charge >= 0.3 is 0 Å². The average Bonchev–Trinajstić information content (AvgIpc) is 2.46. The highest BCUT2D eigenvalue weighted by molar-refractivity contribution is 6.35. The first-order valence-electron chi connectivity index (χ1n) is 6.41. The molecule has 0 radical (unpaired) electrons. The molecule has 0 N–H and O–H groups in total. The molecule has 0 saturated carbocycles. The van der Waals surface area contributed by atoms with Gasteiger partial charge < -0.3 is 0 Å². The molecule has 1 nitrogen and oxygen atoms in total. The van der Waals surface area contributed by atoms with Crippen LogP contribution in [0.5, 0.6) is 0 Å². The number of benzene rings is 2. The maximum atomic E-state index is 6.30. The maximum Gasteiger partial charge on any atom is 0.0720 e. The van der Waals surface area contributed by atoms with Gasteiger partial charge in [-0.2, -0.15) is 0 Å². The summed E-state index contributed by atoms with van der Waals surface area (Å²) >= 11 is 6.30. The number of fused-ring (bicyclic) bond motifs is 1. The van der Waals surface area contributed by atoms with Crippen LogP contribution < -0.4 is 0 Å². The van der Waals surface area contributed by atoms with Crippen molar-refractivity contribution in [1.82, 2.24) is 4.98 Å². The Hall–Kier alpha value is -1.86. The molecule has 0 aliphatic rings. The zero-order valence-electron chi connectivity index (χ0n) is 10.5. The Morgan fingerprint density at radius 2 is 1.58 bits per heavy atom. The van der Waals surface area contributed by atoms with Gasteiger partial charge in [-0.05, 0) is 30.5 Å². The second-order valence-electron chi connectivity index (χ2n) is 4.60. The lowest BCUT2D eigenvalue weighted by atomic mass is 10.1. The molecule has 1 heterocycles. The molecule has 0 atom stereocenters. The van der Waals surface area contributed by atoms with Crippen LogP contribution in [-0.4, -0.2) is 4.98 Å². The second kappa shape index (κ2) is 5.41. The van der Waals surface area contributed by atoms with Gasteiger partial charge in [0.25, 0.3) is 0 Å². The molecular weight excluding hydrogens is 254 g/mol. The maximum absolute atomic E-state index is 6.30. The van der Waals surface area contributed by atoms with E-state index in [0.29, 0.717) is 0 Å². The van der Waals surface area contributed by atoms with E-state index in [-0.39, 0.29) is 0 Å². The standard InChI is InChI=1S/C17H14ClN/c18-16-12-14(11-10-13-6-2-1-3-7-13)19-17-9-5-4-8-15(16)17/h1-9,12H,10-11H2. The molecule has 3 aromatic rings. The van der Waals surface area contributed by atoms with Gasteiger partial charge in [0, 0.05) is 11.1 Å².